The van der Waals surface area contributed by atoms with Gasteiger partial charge in [-0.25, -0.2) is 0 Å². The average Bonchev–Trinajstić information content (AvgIpc) is 3.09. The molecule has 0 N–H and O–H groups in total. The number of nitrogens with zero attached hydrogens (tertiary/aromatic N) is 2. The van der Waals surface area contributed by atoms with Gasteiger partial charge in [-0.2, -0.15) is 5.26 Å². The van der Waals surface area contributed by atoms with Crippen LogP contribution in [0.3, 0.4) is 0 Å². The van der Waals surface area contributed by atoms with Crippen LogP contribution in [0.2, 0.25) is 0 Å². The molecule has 0 radical (unpaired) electrons. The molecule has 2 heterocycles. The molecule has 28 heavy (non-hydrogen) atoms. The molecule has 2 aromatic carbocycles. The van der Waals surface area contributed by atoms with Gasteiger partial charge in [-0.05, 0) is 67.0 Å². The van der Waals surface area contributed by atoms with E-state index in [1.54, 1.807) is 0 Å². The zero-order valence-corrected chi connectivity index (χ0v) is 16.3. The summed E-state index contributed by atoms with van der Waals surface area (Å²) in [7, 11) is 0. The summed E-state index contributed by atoms with van der Waals surface area (Å²) in [5.74, 6) is 2.69. The highest BCUT2D eigenvalue weighted by atomic mass is 16.5. The van der Waals surface area contributed by atoms with E-state index in [9.17, 15) is 5.26 Å². The van der Waals surface area contributed by atoms with Crippen molar-refractivity contribution in [3.63, 3.8) is 0 Å². The van der Waals surface area contributed by atoms with Crippen molar-refractivity contribution in [2.75, 3.05) is 19.6 Å². The normalized spacial score (nSPS) is 19.7. The highest BCUT2D eigenvalue weighted by Crippen LogP contribution is 2.46. The molecule has 1 aliphatic carbocycles. The van der Waals surface area contributed by atoms with Gasteiger partial charge in [-0.3, -0.25) is 0 Å². The molecule has 1 saturated carbocycles. The first-order valence-electron chi connectivity index (χ1n) is 10.6. The lowest BCUT2D eigenvalue weighted by molar-refractivity contribution is 0.244. The van der Waals surface area contributed by atoms with Crippen LogP contribution in [0.4, 0.5) is 0 Å². The lowest BCUT2D eigenvalue weighted by atomic mass is 9.91. The molecule has 1 fully saturated rings. The molecule has 0 saturated heterocycles. The van der Waals surface area contributed by atoms with E-state index in [-0.39, 0.29) is 0 Å². The molecule has 0 spiro atoms. The lowest BCUT2D eigenvalue weighted by Gasteiger charge is -2.24. The predicted molar refractivity (Wildman–Crippen MR) is 112 cm³/mol. The number of hydrogen-bond acceptors (Lipinski definition) is 3. The lowest BCUT2D eigenvalue weighted by Crippen LogP contribution is -2.30. The number of fused-ring (bicyclic) bond motifs is 4. The Morgan fingerprint density at radius 2 is 1.64 bits per heavy atom. The number of para-hydroxylation sites is 1. The maximum absolute atomic E-state index is 9.42. The monoisotopic (exact) mass is 370 g/mol. The van der Waals surface area contributed by atoms with Crippen LogP contribution >= 0.6 is 0 Å². The van der Waals surface area contributed by atoms with Crippen molar-refractivity contribution in [3.05, 3.63) is 59.2 Å². The molecule has 0 bridgehead atoms. The summed E-state index contributed by atoms with van der Waals surface area (Å²) in [6.07, 6.45) is 7.66. The highest BCUT2D eigenvalue weighted by Gasteiger charge is 2.27. The molecule has 3 heteroatoms. The van der Waals surface area contributed by atoms with Crippen LogP contribution in [-0.4, -0.2) is 24.5 Å². The van der Waals surface area contributed by atoms with Crippen molar-refractivity contribution in [2.24, 2.45) is 5.92 Å². The molecule has 0 atom stereocenters. The fourth-order valence-corrected chi connectivity index (χ4v) is 5.14. The Morgan fingerprint density at radius 3 is 2.43 bits per heavy atom. The van der Waals surface area contributed by atoms with Gasteiger partial charge in [0.15, 0.2) is 0 Å². The molecule has 2 aliphatic heterocycles. The second-order valence-corrected chi connectivity index (χ2v) is 8.33. The van der Waals surface area contributed by atoms with Crippen LogP contribution in [0.15, 0.2) is 42.5 Å². The quantitative estimate of drug-likeness (QED) is 0.664. The Kier molecular flexibility index (Phi) is 4.66. The van der Waals surface area contributed by atoms with Crippen LogP contribution in [-0.2, 0) is 0 Å². The third-order valence-corrected chi connectivity index (χ3v) is 6.58. The van der Waals surface area contributed by atoms with Gasteiger partial charge < -0.3 is 9.64 Å². The van der Waals surface area contributed by atoms with Gasteiger partial charge in [0.25, 0.3) is 0 Å². The van der Waals surface area contributed by atoms with E-state index in [0.29, 0.717) is 5.56 Å². The Balaban J connectivity index is 1.53. The summed E-state index contributed by atoms with van der Waals surface area (Å²) in [6, 6.07) is 16.5. The Morgan fingerprint density at radius 1 is 0.929 bits per heavy atom. The molecule has 2 aromatic rings. The van der Waals surface area contributed by atoms with Gasteiger partial charge >= 0.3 is 0 Å². The van der Waals surface area contributed by atoms with Crippen molar-refractivity contribution in [2.45, 2.75) is 38.5 Å². The number of nitriles is 1. The zero-order chi connectivity index (χ0) is 18.9. The van der Waals surface area contributed by atoms with E-state index >= 15 is 0 Å². The molecule has 5 rings (SSSR count). The Labute approximate surface area is 167 Å². The van der Waals surface area contributed by atoms with E-state index in [2.05, 4.69) is 29.2 Å². The molecule has 0 amide bonds. The van der Waals surface area contributed by atoms with Crippen molar-refractivity contribution in [3.8, 4) is 17.6 Å². The van der Waals surface area contributed by atoms with Gasteiger partial charge in [-0.1, -0.05) is 31.0 Å². The summed E-state index contributed by atoms with van der Waals surface area (Å²) in [5.41, 5.74) is 5.79. The molecule has 3 aliphatic rings. The first-order chi connectivity index (χ1) is 13.8. The van der Waals surface area contributed by atoms with Crippen molar-refractivity contribution in [1.29, 1.82) is 5.26 Å². The van der Waals surface area contributed by atoms with Crippen LogP contribution in [0.25, 0.3) is 11.1 Å². The zero-order valence-electron chi connectivity index (χ0n) is 16.3. The second kappa shape index (κ2) is 7.45. The molecule has 3 nitrogen and oxygen atoms in total. The standard InChI is InChI=1S/C25H26N2O/c26-16-19-9-10-25-23(15-19)21-12-14-27(17-18-5-1-2-6-18)13-11-20(21)22-7-3-4-8-24(22)28-25/h3-4,7-10,15,18H,1-2,5-6,11-14,17H2. The third kappa shape index (κ3) is 3.23. The van der Waals surface area contributed by atoms with Gasteiger partial charge in [0, 0.05) is 30.8 Å². The highest BCUT2D eigenvalue weighted by molar-refractivity contribution is 5.96. The first kappa shape index (κ1) is 17.5. The Hall–Kier alpha value is -2.57. The number of ether oxygens (including phenoxy) is 1. The molecule has 142 valence electrons. The van der Waals surface area contributed by atoms with Gasteiger partial charge in [0.1, 0.15) is 11.5 Å². The van der Waals surface area contributed by atoms with Crippen molar-refractivity contribution >= 4 is 11.1 Å². The van der Waals surface area contributed by atoms with Crippen LogP contribution in [0.1, 0.15) is 55.2 Å². The molecule has 0 unspecified atom stereocenters. The van der Waals surface area contributed by atoms with Crippen LogP contribution in [0, 0.1) is 17.2 Å². The number of benzene rings is 2. The number of hydrogen-bond donors (Lipinski definition) is 0. The maximum atomic E-state index is 9.42. The topological polar surface area (TPSA) is 36.3 Å². The fourth-order valence-electron chi connectivity index (χ4n) is 5.14. The fraction of sp³-hybridized carbons (Fsp3) is 0.400. The SMILES string of the molecule is N#Cc1ccc2c(c1)C1=C(CCN(CC3CCCC3)CC1)c1ccccc1O2. The molecule has 0 aromatic heterocycles. The van der Waals surface area contributed by atoms with E-state index in [4.69, 9.17) is 4.74 Å². The van der Waals surface area contributed by atoms with E-state index in [0.717, 1.165) is 48.9 Å². The maximum Gasteiger partial charge on any atom is 0.135 e. The largest absolute Gasteiger partial charge is 0.456 e. The minimum atomic E-state index is 0.701. The van der Waals surface area contributed by atoms with Crippen molar-refractivity contribution < 1.29 is 4.74 Å². The summed E-state index contributed by atoms with van der Waals surface area (Å²) in [6.45, 7) is 3.44. The number of rotatable bonds is 2. The Bertz CT molecular complexity index is 963. The summed E-state index contributed by atoms with van der Waals surface area (Å²) in [5, 5.41) is 9.42. The minimum Gasteiger partial charge on any atom is -0.456 e. The first-order valence-corrected chi connectivity index (χ1v) is 10.6. The average molecular weight is 370 g/mol. The predicted octanol–water partition coefficient (Wildman–Crippen LogP) is 5.86. The molecular formula is C25H26N2O. The van der Waals surface area contributed by atoms with Crippen LogP contribution in [0.5, 0.6) is 11.5 Å². The summed E-state index contributed by atoms with van der Waals surface area (Å²) < 4.78 is 6.30. The second-order valence-electron chi connectivity index (χ2n) is 8.33. The van der Waals surface area contributed by atoms with E-state index in [1.807, 2.05) is 24.3 Å². The summed E-state index contributed by atoms with van der Waals surface area (Å²) in [4.78, 5) is 2.67. The molecular weight excluding hydrogens is 344 g/mol. The van der Waals surface area contributed by atoms with Gasteiger partial charge in [0.05, 0.1) is 11.6 Å². The smallest absolute Gasteiger partial charge is 0.135 e. The third-order valence-electron chi connectivity index (χ3n) is 6.58. The summed E-state index contributed by atoms with van der Waals surface area (Å²) >= 11 is 0. The van der Waals surface area contributed by atoms with Crippen LogP contribution < -0.4 is 4.74 Å². The van der Waals surface area contributed by atoms with Crippen molar-refractivity contribution in [1.82, 2.24) is 4.90 Å². The van der Waals surface area contributed by atoms with E-state index in [1.165, 1.54) is 48.9 Å². The van der Waals surface area contributed by atoms with E-state index < -0.39 is 0 Å². The van der Waals surface area contributed by atoms with Gasteiger partial charge in [0.2, 0.25) is 0 Å². The minimum absolute atomic E-state index is 0.701. The van der Waals surface area contributed by atoms with Gasteiger partial charge in [-0.15, -0.1) is 0 Å².